The van der Waals surface area contributed by atoms with E-state index in [1.807, 2.05) is 30.9 Å². The van der Waals surface area contributed by atoms with Crippen molar-refractivity contribution in [1.29, 1.82) is 0 Å². The fourth-order valence-corrected chi connectivity index (χ4v) is 2.22. The van der Waals surface area contributed by atoms with Crippen LogP contribution in [-0.2, 0) is 11.2 Å². The predicted molar refractivity (Wildman–Crippen MR) is 65.6 cm³/mol. The van der Waals surface area contributed by atoms with Gasteiger partial charge >= 0.3 is 0 Å². The molecule has 1 aliphatic heterocycles. The lowest BCUT2D eigenvalue weighted by Crippen LogP contribution is -2.51. The highest BCUT2D eigenvalue weighted by Crippen LogP contribution is 2.25. The summed E-state index contributed by atoms with van der Waals surface area (Å²) in [6.45, 7) is 7.37. The number of hydrogen-bond donors (Lipinski definition) is 1. The number of nitrogens with zero attached hydrogens (tertiary/aromatic N) is 1. The number of amides is 1. The predicted octanol–water partition coefficient (Wildman–Crippen LogP) is 1.28. The van der Waals surface area contributed by atoms with Gasteiger partial charge in [0, 0.05) is 32.6 Å². The molecule has 0 aromatic carbocycles. The van der Waals surface area contributed by atoms with Crippen molar-refractivity contribution in [3.8, 4) is 0 Å². The molecule has 1 aromatic rings. The summed E-state index contributed by atoms with van der Waals surface area (Å²) >= 11 is 0. The van der Waals surface area contributed by atoms with Crippen LogP contribution in [0.5, 0.6) is 0 Å². The molecule has 1 N–H and O–H groups in total. The summed E-state index contributed by atoms with van der Waals surface area (Å²) in [7, 11) is 0. The van der Waals surface area contributed by atoms with Gasteiger partial charge in [0.15, 0.2) is 0 Å². The van der Waals surface area contributed by atoms with Crippen LogP contribution >= 0.6 is 0 Å². The van der Waals surface area contributed by atoms with Gasteiger partial charge in [-0.25, -0.2) is 0 Å². The van der Waals surface area contributed by atoms with Crippen molar-refractivity contribution in [3.63, 3.8) is 0 Å². The van der Waals surface area contributed by atoms with Crippen molar-refractivity contribution in [2.24, 2.45) is 5.41 Å². The van der Waals surface area contributed by atoms with E-state index < -0.39 is 5.41 Å². The van der Waals surface area contributed by atoms with Crippen molar-refractivity contribution in [2.75, 3.05) is 26.2 Å². The van der Waals surface area contributed by atoms with Crippen molar-refractivity contribution < 1.29 is 9.21 Å². The van der Waals surface area contributed by atoms with E-state index in [2.05, 4.69) is 5.32 Å². The zero-order valence-corrected chi connectivity index (χ0v) is 10.5. The van der Waals surface area contributed by atoms with Crippen LogP contribution in [-0.4, -0.2) is 37.0 Å². The Bertz CT molecular complexity index is 365. The van der Waals surface area contributed by atoms with Gasteiger partial charge < -0.3 is 14.6 Å². The molecular formula is C13H20N2O2. The maximum Gasteiger partial charge on any atom is 0.228 e. The molecule has 4 heteroatoms. The lowest BCUT2D eigenvalue weighted by atomic mass is 9.86. The molecule has 17 heavy (non-hydrogen) atoms. The Labute approximate surface area is 102 Å². The van der Waals surface area contributed by atoms with E-state index in [0.29, 0.717) is 6.42 Å². The third-order valence-electron chi connectivity index (χ3n) is 3.18. The number of hydrogen-bond acceptors (Lipinski definition) is 3. The first kappa shape index (κ1) is 12.2. The Morgan fingerprint density at radius 2 is 2.18 bits per heavy atom. The molecule has 0 saturated carbocycles. The van der Waals surface area contributed by atoms with E-state index in [9.17, 15) is 4.79 Å². The van der Waals surface area contributed by atoms with Crippen LogP contribution in [0.2, 0.25) is 0 Å². The minimum absolute atomic E-state index is 0.218. The average Bonchev–Trinajstić information content (AvgIpc) is 2.81. The molecule has 0 spiro atoms. The van der Waals surface area contributed by atoms with Gasteiger partial charge in [0.1, 0.15) is 5.76 Å². The topological polar surface area (TPSA) is 45.5 Å². The second kappa shape index (κ2) is 4.92. The Morgan fingerprint density at radius 3 is 2.76 bits per heavy atom. The summed E-state index contributed by atoms with van der Waals surface area (Å²) in [5.41, 5.74) is -0.394. The average molecular weight is 236 g/mol. The third kappa shape index (κ3) is 2.88. The summed E-state index contributed by atoms with van der Waals surface area (Å²) in [5.74, 6) is 1.09. The lowest BCUT2D eigenvalue weighted by Gasteiger charge is -2.34. The SMILES string of the molecule is CC(C)(Cc1ccco1)C(=O)N1CCNCC1. The Kier molecular flexibility index (Phi) is 3.52. The van der Waals surface area contributed by atoms with Crippen LogP contribution in [0.15, 0.2) is 22.8 Å². The van der Waals surface area contributed by atoms with Crippen LogP contribution < -0.4 is 5.32 Å². The molecule has 1 aliphatic rings. The second-order valence-corrected chi connectivity index (χ2v) is 5.18. The maximum absolute atomic E-state index is 12.4. The molecule has 2 rings (SSSR count). The fraction of sp³-hybridized carbons (Fsp3) is 0.615. The largest absolute Gasteiger partial charge is 0.469 e. The van der Waals surface area contributed by atoms with Gasteiger partial charge in [0.05, 0.1) is 11.7 Å². The van der Waals surface area contributed by atoms with Gasteiger partial charge in [-0.15, -0.1) is 0 Å². The zero-order chi connectivity index (χ0) is 12.3. The van der Waals surface area contributed by atoms with Gasteiger partial charge in [0.2, 0.25) is 5.91 Å². The van der Waals surface area contributed by atoms with Crippen LogP contribution in [0.4, 0.5) is 0 Å². The van der Waals surface area contributed by atoms with Crippen molar-refractivity contribution in [3.05, 3.63) is 24.2 Å². The molecule has 1 amide bonds. The highest BCUT2D eigenvalue weighted by Gasteiger charge is 2.33. The molecule has 0 radical (unpaired) electrons. The highest BCUT2D eigenvalue weighted by atomic mass is 16.3. The van der Waals surface area contributed by atoms with Crippen molar-refractivity contribution in [2.45, 2.75) is 20.3 Å². The summed E-state index contributed by atoms with van der Waals surface area (Å²) in [6, 6.07) is 3.79. The molecule has 0 aliphatic carbocycles. The quantitative estimate of drug-likeness (QED) is 0.860. The Hall–Kier alpha value is -1.29. The van der Waals surface area contributed by atoms with E-state index in [-0.39, 0.29) is 5.91 Å². The van der Waals surface area contributed by atoms with E-state index in [4.69, 9.17) is 4.42 Å². The Morgan fingerprint density at radius 1 is 1.47 bits per heavy atom. The molecule has 1 aromatic heterocycles. The van der Waals surface area contributed by atoms with Crippen molar-refractivity contribution >= 4 is 5.91 Å². The minimum Gasteiger partial charge on any atom is -0.469 e. The summed E-state index contributed by atoms with van der Waals surface area (Å²) in [4.78, 5) is 14.3. The van der Waals surface area contributed by atoms with Crippen LogP contribution in [0.3, 0.4) is 0 Å². The Balaban J connectivity index is 2.00. The first-order valence-electron chi connectivity index (χ1n) is 6.12. The van der Waals surface area contributed by atoms with E-state index in [1.165, 1.54) is 0 Å². The summed E-state index contributed by atoms with van der Waals surface area (Å²) in [5, 5.41) is 3.25. The number of carbonyl (C=O) groups excluding carboxylic acids is 1. The summed E-state index contributed by atoms with van der Waals surface area (Å²) in [6.07, 6.45) is 2.31. The van der Waals surface area contributed by atoms with Crippen LogP contribution in [0.1, 0.15) is 19.6 Å². The van der Waals surface area contributed by atoms with Crippen LogP contribution in [0, 0.1) is 5.41 Å². The van der Waals surface area contributed by atoms with Gasteiger partial charge in [-0.3, -0.25) is 4.79 Å². The maximum atomic E-state index is 12.4. The highest BCUT2D eigenvalue weighted by molar-refractivity contribution is 5.82. The molecule has 0 atom stereocenters. The lowest BCUT2D eigenvalue weighted by molar-refractivity contribution is -0.141. The molecule has 4 nitrogen and oxygen atoms in total. The number of piperazine rings is 1. The van der Waals surface area contributed by atoms with E-state index in [1.54, 1.807) is 6.26 Å². The second-order valence-electron chi connectivity index (χ2n) is 5.18. The van der Waals surface area contributed by atoms with Crippen LogP contribution in [0.25, 0.3) is 0 Å². The fourth-order valence-electron chi connectivity index (χ4n) is 2.22. The smallest absolute Gasteiger partial charge is 0.228 e. The first-order chi connectivity index (χ1) is 8.09. The van der Waals surface area contributed by atoms with Gasteiger partial charge in [-0.2, -0.15) is 0 Å². The third-order valence-corrected chi connectivity index (χ3v) is 3.18. The van der Waals surface area contributed by atoms with E-state index >= 15 is 0 Å². The standard InChI is InChI=1S/C13H20N2O2/c1-13(2,10-11-4-3-9-17-11)12(16)15-7-5-14-6-8-15/h3-4,9,14H,5-8,10H2,1-2H3. The zero-order valence-electron chi connectivity index (χ0n) is 10.5. The van der Waals surface area contributed by atoms with Gasteiger partial charge in [-0.05, 0) is 12.1 Å². The van der Waals surface area contributed by atoms with Gasteiger partial charge in [-0.1, -0.05) is 13.8 Å². The van der Waals surface area contributed by atoms with Gasteiger partial charge in [0.25, 0.3) is 0 Å². The van der Waals surface area contributed by atoms with Crippen molar-refractivity contribution in [1.82, 2.24) is 10.2 Å². The molecule has 94 valence electrons. The summed E-state index contributed by atoms with van der Waals surface area (Å²) < 4.78 is 5.32. The molecule has 0 bridgehead atoms. The normalized spacial score (nSPS) is 17.2. The number of carbonyl (C=O) groups is 1. The monoisotopic (exact) mass is 236 g/mol. The minimum atomic E-state index is -0.394. The molecule has 2 heterocycles. The number of furan rings is 1. The molecule has 0 unspecified atom stereocenters. The number of rotatable bonds is 3. The molecule has 1 fully saturated rings. The van der Waals surface area contributed by atoms with E-state index in [0.717, 1.165) is 31.9 Å². The molecular weight excluding hydrogens is 216 g/mol. The first-order valence-corrected chi connectivity index (χ1v) is 6.12. The number of nitrogens with one attached hydrogen (secondary N) is 1. The molecule has 1 saturated heterocycles.